The van der Waals surface area contributed by atoms with E-state index in [9.17, 15) is 17.5 Å². The zero-order chi connectivity index (χ0) is 13.3. The number of nitrogens with one attached hydrogen (secondary N) is 1. The summed E-state index contributed by atoms with van der Waals surface area (Å²) in [4.78, 5) is 2.69. The molecule has 1 aromatic heterocycles. The molecule has 1 N–H and O–H groups in total. The molecule has 0 saturated heterocycles. The molecule has 0 aliphatic carbocycles. The minimum absolute atomic E-state index is 0.0196. The Kier molecular flexibility index (Phi) is 3.84. The fourth-order valence-electron chi connectivity index (χ4n) is 1.55. The second kappa shape index (κ2) is 5.21. The number of aromatic amines is 1. The highest BCUT2D eigenvalue weighted by atomic mass is 35.5. The number of benzene rings is 1. The molecular formula is C10H7ClF2NO3S-. The Balaban J connectivity index is 2.51. The number of fused-ring (bicyclic) bond motifs is 1. The molecule has 0 aliphatic heterocycles. The molecule has 2 rings (SSSR count). The number of halogens is 3. The summed E-state index contributed by atoms with van der Waals surface area (Å²) in [5.41, 5.74) is 0.280. The van der Waals surface area contributed by atoms with Crippen molar-refractivity contribution in [3.8, 4) is 5.75 Å². The molecule has 0 spiro atoms. The highest BCUT2D eigenvalue weighted by molar-refractivity contribution is 7.79. The highest BCUT2D eigenvalue weighted by Gasteiger charge is 2.14. The highest BCUT2D eigenvalue weighted by Crippen LogP contribution is 2.35. The average Bonchev–Trinajstić information content (AvgIpc) is 2.71. The summed E-state index contributed by atoms with van der Waals surface area (Å²) >= 11 is 3.40. The molecule has 1 unspecified atom stereocenters. The van der Waals surface area contributed by atoms with Crippen LogP contribution in [-0.2, 0) is 11.1 Å². The number of H-pyrrole nitrogens is 1. The molecule has 0 fully saturated rings. The summed E-state index contributed by atoms with van der Waals surface area (Å²) in [6, 6.07) is 2.88. The van der Waals surface area contributed by atoms with Crippen molar-refractivity contribution in [3.63, 3.8) is 0 Å². The smallest absolute Gasteiger partial charge is 0.272 e. The minimum Gasteiger partial charge on any atom is -0.768 e. The maximum atomic E-state index is 12.1. The first-order chi connectivity index (χ1) is 8.50. The zero-order valence-corrected chi connectivity index (χ0v) is 10.4. The van der Waals surface area contributed by atoms with Crippen molar-refractivity contribution in [1.29, 1.82) is 0 Å². The van der Waals surface area contributed by atoms with Crippen molar-refractivity contribution in [2.45, 2.75) is 11.3 Å². The zero-order valence-electron chi connectivity index (χ0n) is 8.78. The van der Waals surface area contributed by atoms with Gasteiger partial charge in [0.2, 0.25) is 0 Å². The van der Waals surface area contributed by atoms with Crippen LogP contribution in [0.15, 0.2) is 23.2 Å². The molecule has 0 saturated carbocycles. The normalized spacial score (nSPS) is 13.2. The van der Waals surface area contributed by atoms with Gasteiger partial charge in [-0.25, -0.2) is 8.78 Å². The Morgan fingerprint density at radius 1 is 1.50 bits per heavy atom. The van der Waals surface area contributed by atoms with Gasteiger partial charge in [0.1, 0.15) is 6.61 Å². The van der Waals surface area contributed by atoms with E-state index in [4.69, 9.17) is 16.3 Å². The van der Waals surface area contributed by atoms with Gasteiger partial charge in [-0.1, -0.05) is 11.6 Å². The Labute approximate surface area is 108 Å². The summed E-state index contributed by atoms with van der Waals surface area (Å²) in [6.45, 7) is -0.812. The number of ether oxygens (including phenoxy) is 1. The van der Waals surface area contributed by atoms with Crippen LogP contribution in [-0.4, -0.2) is 26.8 Å². The van der Waals surface area contributed by atoms with Crippen LogP contribution < -0.4 is 4.74 Å². The van der Waals surface area contributed by atoms with Crippen LogP contribution in [0.5, 0.6) is 5.75 Å². The van der Waals surface area contributed by atoms with E-state index in [2.05, 4.69) is 4.98 Å². The lowest BCUT2D eigenvalue weighted by molar-refractivity contribution is 0.0826. The number of aromatic nitrogens is 1. The van der Waals surface area contributed by atoms with Gasteiger partial charge in [-0.2, -0.15) is 0 Å². The Bertz CT molecular complexity index is 602. The molecule has 0 radical (unpaired) electrons. The average molecular weight is 295 g/mol. The fraction of sp³-hybridized carbons (Fsp3) is 0.200. The van der Waals surface area contributed by atoms with E-state index >= 15 is 0 Å². The van der Waals surface area contributed by atoms with Gasteiger partial charge in [-0.3, -0.25) is 4.21 Å². The summed E-state index contributed by atoms with van der Waals surface area (Å²) in [6.07, 6.45) is -1.39. The van der Waals surface area contributed by atoms with Gasteiger partial charge in [0, 0.05) is 11.6 Å². The lowest BCUT2D eigenvalue weighted by Gasteiger charge is -2.09. The van der Waals surface area contributed by atoms with E-state index in [1.165, 1.54) is 18.3 Å². The maximum Gasteiger partial charge on any atom is 0.272 e. The first-order valence-corrected chi connectivity index (χ1v) is 6.25. The van der Waals surface area contributed by atoms with Crippen LogP contribution in [0.2, 0.25) is 5.02 Å². The van der Waals surface area contributed by atoms with Gasteiger partial charge in [0.05, 0.1) is 15.4 Å². The number of hydrogen-bond acceptors (Lipinski definition) is 3. The second-order valence-corrected chi connectivity index (χ2v) is 4.71. The lowest BCUT2D eigenvalue weighted by Crippen LogP contribution is -2.07. The first-order valence-electron chi connectivity index (χ1n) is 4.80. The van der Waals surface area contributed by atoms with Crippen molar-refractivity contribution in [3.05, 3.63) is 23.4 Å². The molecule has 0 bridgehead atoms. The summed E-state index contributed by atoms with van der Waals surface area (Å²) in [5, 5.41) is 0.477. The van der Waals surface area contributed by atoms with Crippen molar-refractivity contribution in [2.75, 3.05) is 6.61 Å². The molecule has 2 aromatic rings. The number of alkyl halides is 2. The molecule has 1 aromatic carbocycles. The first kappa shape index (κ1) is 13.3. The van der Waals surface area contributed by atoms with E-state index in [1.54, 1.807) is 0 Å². The topological polar surface area (TPSA) is 65.1 Å². The lowest BCUT2D eigenvalue weighted by atomic mass is 10.2. The van der Waals surface area contributed by atoms with Crippen molar-refractivity contribution in [2.24, 2.45) is 0 Å². The molecular weight excluding hydrogens is 288 g/mol. The Morgan fingerprint density at radius 2 is 2.22 bits per heavy atom. The molecule has 4 nitrogen and oxygen atoms in total. The summed E-state index contributed by atoms with van der Waals surface area (Å²) < 4.78 is 51.0. The van der Waals surface area contributed by atoms with E-state index in [-0.39, 0.29) is 21.2 Å². The van der Waals surface area contributed by atoms with Crippen molar-refractivity contribution >= 4 is 33.6 Å². The van der Waals surface area contributed by atoms with Crippen LogP contribution in [0.1, 0.15) is 0 Å². The second-order valence-electron chi connectivity index (χ2n) is 3.39. The quantitative estimate of drug-likeness (QED) is 0.882. The van der Waals surface area contributed by atoms with Gasteiger partial charge in [-0.15, -0.1) is 0 Å². The van der Waals surface area contributed by atoms with Crippen LogP contribution >= 0.6 is 11.6 Å². The van der Waals surface area contributed by atoms with Crippen LogP contribution in [0, 0.1) is 0 Å². The third-order valence-electron chi connectivity index (χ3n) is 2.26. The predicted octanol–water partition coefficient (Wildman–Crippen LogP) is 2.70. The maximum absolute atomic E-state index is 12.1. The van der Waals surface area contributed by atoms with Gasteiger partial charge in [0.25, 0.3) is 6.43 Å². The van der Waals surface area contributed by atoms with Crippen molar-refractivity contribution in [1.82, 2.24) is 4.98 Å². The van der Waals surface area contributed by atoms with Gasteiger partial charge in [0.15, 0.2) is 5.75 Å². The van der Waals surface area contributed by atoms with Gasteiger partial charge < -0.3 is 14.3 Å². The minimum atomic E-state index is -2.64. The third kappa shape index (κ3) is 2.47. The van der Waals surface area contributed by atoms with E-state index in [1.807, 2.05) is 0 Å². The molecule has 1 heterocycles. The number of rotatable bonds is 4. The SMILES string of the molecule is O=S([O-])c1c[nH]c2c(OCC(F)F)c(Cl)ccc12. The molecule has 0 aliphatic rings. The van der Waals surface area contributed by atoms with Crippen molar-refractivity contribution < 1.29 is 22.3 Å². The monoisotopic (exact) mass is 294 g/mol. The van der Waals surface area contributed by atoms with E-state index in [0.717, 1.165) is 0 Å². The molecule has 0 amide bonds. The summed E-state index contributed by atoms with van der Waals surface area (Å²) in [7, 11) is 0. The molecule has 18 heavy (non-hydrogen) atoms. The molecule has 98 valence electrons. The fourth-order valence-corrected chi connectivity index (χ4v) is 2.26. The molecule has 1 atom stereocenters. The van der Waals surface area contributed by atoms with Crippen LogP contribution in [0.4, 0.5) is 8.78 Å². The van der Waals surface area contributed by atoms with Gasteiger partial charge in [-0.05, 0) is 23.2 Å². The van der Waals surface area contributed by atoms with E-state index in [0.29, 0.717) is 5.39 Å². The van der Waals surface area contributed by atoms with Crippen LogP contribution in [0.3, 0.4) is 0 Å². The summed E-state index contributed by atoms with van der Waals surface area (Å²) in [5.74, 6) is 0.0196. The van der Waals surface area contributed by atoms with Crippen LogP contribution in [0.25, 0.3) is 10.9 Å². The third-order valence-corrected chi connectivity index (χ3v) is 3.25. The largest absolute Gasteiger partial charge is 0.768 e. The molecule has 8 heteroatoms. The van der Waals surface area contributed by atoms with E-state index < -0.39 is 24.1 Å². The predicted molar refractivity (Wildman–Crippen MR) is 62.0 cm³/mol. The Hall–Kier alpha value is -1.18. The Morgan fingerprint density at radius 3 is 2.83 bits per heavy atom. The standard InChI is InChI=1S/C10H8ClF2NO3S/c11-6-2-1-5-7(18(15)16)3-14-9(5)10(6)17-4-8(12)13/h1-3,8,14H,4H2,(H,15,16)/p-1. The number of hydrogen-bond donors (Lipinski definition) is 1. The van der Waals surface area contributed by atoms with Gasteiger partial charge >= 0.3 is 0 Å².